The van der Waals surface area contributed by atoms with Crippen LogP contribution in [-0.4, -0.2) is 30.9 Å². The Labute approximate surface area is 138 Å². The van der Waals surface area contributed by atoms with Gasteiger partial charge in [0.1, 0.15) is 11.5 Å². The first kappa shape index (κ1) is 17.1. The van der Waals surface area contributed by atoms with Gasteiger partial charge in [-0.05, 0) is 24.3 Å². The Morgan fingerprint density at radius 2 is 1.83 bits per heavy atom. The first-order valence-electron chi connectivity index (χ1n) is 7.13. The molecule has 4 N–H and O–H groups in total. The van der Waals surface area contributed by atoms with Gasteiger partial charge in [-0.1, -0.05) is 12.1 Å². The van der Waals surface area contributed by atoms with Crippen LogP contribution in [0.15, 0.2) is 47.1 Å². The van der Waals surface area contributed by atoms with E-state index in [9.17, 15) is 14.4 Å². The van der Waals surface area contributed by atoms with Crippen LogP contribution in [0.5, 0.6) is 5.75 Å². The van der Waals surface area contributed by atoms with Gasteiger partial charge in [0.25, 0.3) is 11.8 Å². The Balaban J connectivity index is 1.71. The highest BCUT2D eigenvalue weighted by Crippen LogP contribution is 2.16. The Bertz CT molecular complexity index is 712. The summed E-state index contributed by atoms with van der Waals surface area (Å²) in [5.41, 5.74) is 5.39. The second kappa shape index (κ2) is 8.37. The third-order valence-corrected chi connectivity index (χ3v) is 3.00. The number of nitrogens with two attached hydrogens (primary N) is 1. The molecule has 0 bridgehead atoms. The summed E-state index contributed by atoms with van der Waals surface area (Å²) >= 11 is 0. The van der Waals surface area contributed by atoms with E-state index >= 15 is 0 Å². The molecule has 1 aromatic carbocycles. The maximum Gasteiger partial charge on any atom is 0.258 e. The van der Waals surface area contributed by atoms with Crippen molar-refractivity contribution < 1.29 is 23.5 Å². The van der Waals surface area contributed by atoms with Crippen molar-refractivity contribution in [3.8, 4) is 5.75 Å². The zero-order valence-corrected chi connectivity index (χ0v) is 12.8. The van der Waals surface area contributed by atoms with Gasteiger partial charge in [-0.3, -0.25) is 14.4 Å². The first-order chi connectivity index (χ1) is 11.6. The third-order valence-electron chi connectivity index (χ3n) is 3.00. The van der Waals surface area contributed by atoms with Crippen LogP contribution in [0.25, 0.3) is 0 Å². The Morgan fingerprint density at radius 3 is 2.54 bits per heavy atom. The van der Waals surface area contributed by atoms with E-state index in [0.717, 1.165) is 0 Å². The number of para-hydroxylation sites is 1. The molecule has 0 saturated heterocycles. The molecule has 0 saturated carbocycles. The number of nitrogens with one attached hydrogen (secondary N) is 2. The minimum atomic E-state index is -0.650. The molecular formula is C16H17N3O5. The molecule has 3 amide bonds. The van der Waals surface area contributed by atoms with Crippen molar-refractivity contribution in [2.75, 3.05) is 13.2 Å². The molecule has 2 rings (SSSR count). The minimum absolute atomic E-state index is 0.182. The quantitative estimate of drug-likeness (QED) is 0.637. The van der Waals surface area contributed by atoms with E-state index in [1.165, 1.54) is 18.4 Å². The Hall–Kier alpha value is -3.29. The molecule has 0 aliphatic carbocycles. The fourth-order valence-electron chi connectivity index (χ4n) is 1.83. The van der Waals surface area contributed by atoms with E-state index in [2.05, 4.69) is 10.6 Å². The molecule has 0 unspecified atom stereocenters. The highest BCUT2D eigenvalue weighted by molar-refractivity contribution is 5.95. The molecular weight excluding hydrogens is 314 g/mol. The zero-order valence-electron chi connectivity index (χ0n) is 12.8. The highest BCUT2D eigenvalue weighted by Gasteiger charge is 2.11. The lowest BCUT2D eigenvalue weighted by atomic mass is 10.2. The molecule has 0 radical (unpaired) electrons. The van der Waals surface area contributed by atoms with Crippen molar-refractivity contribution in [3.05, 3.63) is 54.0 Å². The predicted octanol–water partition coefficient (Wildman–Crippen LogP) is 0.190. The van der Waals surface area contributed by atoms with Crippen LogP contribution in [0.1, 0.15) is 16.1 Å². The van der Waals surface area contributed by atoms with Crippen LogP contribution < -0.4 is 21.1 Å². The molecule has 0 fully saturated rings. The van der Waals surface area contributed by atoms with Gasteiger partial charge in [0, 0.05) is 0 Å². The van der Waals surface area contributed by atoms with Crippen LogP contribution in [-0.2, 0) is 16.1 Å². The average molecular weight is 331 g/mol. The number of hydrogen-bond donors (Lipinski definition) is 3. The smallest absolute Gasteiger partial charge is 0.258 e. The van der Waals surface area contributed by atoms with Gasteiger partial charge in [-0.15, -0.1) is 0 Å². The minimum Gasteiger partial charge on any atom is -0.483 e. The third kappa shape index (κ3) is 5.16. The van der Waals surface area contributed by atoms with Crippen LogP contribution >= 0.6 is 0 Å². The van der Waals surface area contributed by atoms with Crippen LogP contribution in [0.2, 0.25) is 0 Å². The molecule has 0 atom stereocenters. The second-order valence-corrected chi connectivity index (χ2v) is 4.78. The van der Waals surface area contributed by atoms with E-state index < -0.39 is 11.8 Å². The van der Waals surface area contributed by atoms with Gasteiger partial charge in [-0.25, -0.2) is 0 Å². The van der Waals surface area contributed by atoms with Gasteiger partial charge in [0.15, 0.2) is 6.61 Å². The van der Waals surface area contributed by atoms with Gasteiger partial charge >= 0.3 is 0 Å². The second-order valence-electron chi connectivity index (χ2n) is 4.78. The van der Waals surface area contributed by atoms with Crippen LogP contribution in [0, 0.1) is 0 Å². The van der Waals surface area contributed by atoms with Gasteiger partial charge in [-0.2, -0.15) is 0 Å². The van der Waals surface area contributed by atoms with E-state index in [4.69, 9.17) is 14.9 Å². The molecule has 24 heavy (non-hydrogen) atoms. The molecule has 0 aliphatic heterocycles. The number of ether oxygens (including phenoxy) is 1. The maximum atomic E-state index is 11.7. The number of rotatable bonds is 8. The normalized spacial score (nSPS) is 10.0. The summed E-state index contributed by atoms with van der Waals surface area (Å²) in [6.45, 7) is -0.291. The molecule has 2 aromatic rings. The van der Waals surface area contributed by atoms with E-state index in [0.29, 0.717) is 5.76 Å². The molecule has 1 heterocycles. The number of primary amides is 1. The average Bonchev–Trinajstić information content (AvgIpc) is 3.10. The molecule has 0 spiro atoms. The molecule has 0 aliphatic rings. The highest BCUT2D eigenvalue weighted by atomic mass is 16.5. The Morgan fingerprint density at radius 1 is 1.04 bits per heavy atom. The fourth-order valence-corrected chi connectivity index (χ4v) is 1.83. The summed E-state index contributed by atoms with van der Waals surface area (Å²) < 4.78 is 10.3. The maximum absolute atomic E-state index is 11.7. The number of carbonyl (C=O) groups excluding carboxylic acids is 3. The lowest BCUT2D eigenvalue weighted by molar-refractivity contribution is -0.127. The number of benzene rings is 1. The van der Waals surface area contributed by atoms with Gasteiger partial charge in [0.05, 0.1) is 24.9 Å². The van der Waals surface area contributed by atoms with Gasteiger partial charge in [0.2, 0.25) is 5.91 Å². The SMILES string of the molecule is NC(=O)c1ccccc1OCC(=O)NCC(=O)NCc1ccco1. The largest absolute Gasteiger partial charge is 0.483 e. The van der Waals surface area contributed by atoms with Crippen molar-refractivity contribution in [3.63, 3.8) is 0 Å². The van der Waals surface area contributed by atoms with E-state index in [1.807, 2.05) is 0 Å². The lowest BCUT2D eigenvalue weighted by Crippen LogP contribution is -2.38. The zero-order chi connectivity index (χ0) is 17.4. The standard InChI is InChI=1S/C16H17N3O5/c17-16(22)12-5-1-2-6-13(12)24-10-15(21)19-9-14(20)18-8-11-4-3-7-23-11/h1-7H,8-10H2,(H2,17,22)(H,18,20)(H,19,21). The molecule has 8 heteroatoms. The van der Waals surface area contributed by atoms with Crippen molar-refractivity contribution in [1.29, 1.82) is 0 Å². The number of carbonyl (C=O) groups is 3. The predicted molar refractivity (Wildman–Crippen MR) is 84.0 cm³/mol. The summed E-state index contributed by atoms with van der Waals surface area (Å²) in [4.78, 5) is 34.5. The number of furan rings is 1. The van der Waals surface area contributed by atoms with Crippen LogP contribution in [0.4, 0.5) is 0 Å². The summed E-state index contributed by atoms with van der Waals surface area (Å²) in [6, 6.07) is 9.76. The summed E-state index contributed by atoms with van der Waals surface area (Å²) in [5.74, 6) is -0.688. The van der Waals surface area contributed by atoms with E-state index in [-0.39, 0.29) is 36.9 Å². The molecule has 1 aromatic heterocycles. The lowest BCUT2D eigenvalue weighted by Gasteiger charge is -2.09. The number of hydrogen-bond acceptors (Lipinski definition) is 5. The van der Waals surface area contributed by atoms with Gasteiger partial charge < -0.3 is 25.5 Å². The van der Waals surface area contributed by atoms with E-state index in [1.54, 1.807) is 24.3 Å². The summed E-state index contributed by atoms with van der Waals surface area (Å²) in [5, 5.41) is 5.00. The van der Waals surface area contributed by atoms with Crippen molar-refractivity contribution in [1.82, 2.24) is 10.6 Å². The summed E-state index contributed by atoms with van der Waals surface area (Å²) in [7, 11) is 0. The fraction of sp³-hybridized carbons (Fsp3) is 0.188. The topological polar surface area (TPSA) is 124 Å². The monoisotopic (exact) mass is 331 g/mol. The number of amides is 3. The first-order valence-corrected chi connectivity index (χ1v) is 7.13. The molecule has 126 valence electrons. The van der Waals surface area contributed by atoms with Crippen molar-refractivity contribution in [2.24, 2.45) is 5.73 Å². The molecule has 8 nitrogen and oxygen atoms in total. The Kier molecular flexibility index (Phi) is 5.95. The van der Waals surface area contributed by atoms with Crippen molar-refractivity contribution in [2.45, 2.75) is 6.54 Å². The van der Waals surface area contributed by atoms with Crippen molar-refractivity contribution >= 4 is 17.7 Å². The van der Waals surface area contributed by atoms with Crippen LogP contribution in [0.3, 0.4) is 0 Å². The summed E-state index contributed by atoms with van der Waals surface area (Å²) in [6.07, 6.45) is 1.50.